The Kier molecular flexibility index (Phi) is 32.8. The highest BCUT2D eigenvalue weighted by atomic mass is 31.2. The minimum atomic E-state index is -4.30. The van der Waals surface area contributed by atoms with Crippen molar-refractivity contribution in [1.82, 2.24) is 5.32 Å². The van der Waals surface area contributed by atoms with E-state index in [1.165, 1.54) is 44.9 Å². The third kappa shape index (κ3) is 36.4. The number of aliphatic hydroxyl groups excluding tert-OH is 1. The van der Waals surface area contributed by atoms with Gasteiger partial charge in [0.15, 0.2) is 0 Å². The summed E-state index contributed by atoms with van der Waals surface area (Å²) in [6.45, 7) is 4.67. The van der Waals surface area contributed by atoms with Crippen LogP contribution in [0, 0.1) is 0 Å². The number of nitrogens with one attached hydrogen (secondary N) is 1. The number of phosphoric ester groups is 1. The Balaban J connectivity index is 4.21. The third-order valence-electron chi connectivity index (χ3n) is 8.53. The van der Waals surface area contributed by atoms with E-state index in [1.54, 1.807) is 0 Å². The number of carbonyl (C=O) groups is 1. The summed E-state index contributed by atoms with van der Waals surface area (Å²) in [5.41, 5.74) is 0. The van der Waals surface area contributed by atoms with Crippen LogP contribution < -0.4 is 5.32 Å². The van der Waals surface area contributed by atoms with Crippen molar-refractivity contribution in [1.29, 1.82) is 0 Å². The summed E-state index contributed by atoms with van der Waals surface area (Å²) in [5, 5.41) is 13.7. The van der Waals surface area contributed by atoms with Crippen molar-refractivity contribution < 1.29 is 32.9 Å². The fourth-order valence-electron chi connectivity index (χ4n) is 5.30. The second kappa shape index (κ2) is 34.0. The molecule has 0 spiro atoms. The molecule has 3 atom stereocenters. The molecule has 9 heteroatoms. The number of nitrogens with zero attached hydrogens (tertiary/aromatic N) is 1. The number of carbonyl (C=O) groups excluding carboxylic acids is 1. The normalized spacial score (nSPS) is 15.2. The van der Waals surface area contributed by atoms with Crippen LogP contribution in [0.1, 0.15) is 149 Å². The number of phosphoric acid groups is 1. The van der Waals surface area contributed by atoms with Gasteiger partial charge in [0.05, 0.1) is 39.9 Å². The molecule has 0 aliphatic heterocycles. The number of likely N-dealkylation sites (N-methyl/N-ethyl adjacent to an activating group) is 1. The summed E-state index contributed by atoms with van der Waals surface area (Å²) in [5.74, 6) is -0.165. The second-order valence-corrected chi connectivity index (χ2v) is 16.1. The lowest BCUT2D eigenvalue weighted by atomic mass is 10.0. The fraction of sp³-hybridized carbons (Fsp3) is 0.738. The molecule has 0 fully saturated rings. The summed E-state index contributed by atoms with van der Waals surface area (Å²) in [4.78, 5) is 22.9. The molecule has 0 rings (SSSR count). The summed E-state index contributed by atoms with van der Waals surface area (Å²) in [6.07, 6.45) is 42.7. The van der Waals surface area contributed by atoms with Crippen molar-refractivity contribution in [3.05, 3.63) is 60.8 Å². The average Bonchev–Trinajstić information content (AvgIpc) is 3.07. The zero-order valence-corrected chi connectivity index (χ0v) is 34.2. The quantitative estimate of drug-likeness (QED) is 0.0259. The van der Waals surface area contributed by atoms with Crippen molar-refractivity contribution >= 4 is 13.7 Å². The zero-order chi connectivity index (χ0) is 37.9. The smallest absolute Gasteiger partial charge is 0.391 e. The molecule has 0 saturated heterocycles. The van der Waals surface area contributed by atoms with Crippen molar-refractivity contribution in [2.75, 3.05) is 40.9 Å². The van der Waals surface area contributed by atoms with Gasteiger partial charge in [0.1, 0.15) is 13.2 Å². The standard InChI is InChI=1S/C42H77N2O6P/c1-6-8-10-12-14-15-16-17-18-19-20-21-22-23-24-25-26-27-28-29-30-32-34-36-42(46)43-40(41(45)35-33-31-13-11-9-7-2)39-50-51(47,48)49-38-37-44(3,4)5/h8,10,14-15,17-18,20-21,23-24,40-41,45H,6-7,9,11-13,16,19,22,25-39H2,1-5H3,(H-,43,46,47,48)/p+1/b10-8-,15-14-,18-17-,21-20-,24-23-. The van der Waals surface area contributed by atoms with Gasteiger partial charge < -0.3 is 19.8 Å². The first kappa shape index (κ1) is 49.2. The number of allylic oxidation sites excluding steroid dienone is 10. The van der Waals surface area contributed by atoms with E-state index in [-0.39, 0.29) is 19.1 Å². The highest BCUT2D eigenvalue weighted by molar-refractivity contribution is 7.47. The van der Waals surface area contributed by atoms with Gasteiger partial charge in [0.25, 0.3) is 0 Å². The van der Waals surface area contributed by atoms with Crippen molar-refractivity contribution in [2.45, 2.75) is 161 Å². The maximum absolute atomic E-state index is 12.8. The molecular weight excluding hydrogens is 659 g/mol. The van der Waals surface area contributed by atoms with Crippen LogP contribution in [-0.4, -0.2) is 73.4 Å². The van der Waals surface area contributed by atoms with Gasteiger partial charge in [-0.25, -0.2) is 4.57 Å². The molecule has 0 aromatic rings. The minimum absolute atomic E-state index is 0.0684. The molecule has 0 bridgehead atoms. The molecule has 3 N–H and O–H groups in total. The number of aliphatic hydroxyl groups is 1. The number of quaternary nitrogens is 1. The minimum Gasteiger partial charge on any atom is -0.391 e. The molecule has 0 aliphatic rings. The van der Waals surface area contributed by atoms with E-state index in [4.69, 9.17) is 9.05 Å². The molecule has 1 amide bonds. The van der Waals surface area contributed by atoms with E-state index in [0.717, 1.165) is 77.0 Å². The van der Waals surface area contributed by atoms with Gasteiger partial charge in [0, 0.05) is 6.42 Å². The predicted octanol–water partition coefficient (Wildman–Crippen LogP) is 10.7. The number of hydrogen-bond donors (Lipinski definition) is 3. The van der Waals surface area contributed by atoms with E-state index in [0.29, 0.717) is 23.9 Å². The van der Waals surface area contributed by atoms with Gasteiger partial charge in [-0.05, 0) is 57.8 Å². The third-order valence-corrected chi connectivity index (χ3v) is 9.51. The van der Waals surface area contributed by atoms with E-state index in [9.17, 15) is 19.4 Å². The SMILES string of the molecule is CC/C=C\C/C=C\C/C=C\C/C=C\C/C=C\CCCCCCCCCC(=O)NC(COP(=O)(O)OCC[N+](C)(C)C)C(O)CCCCCCCC. The maximum Gasteiger partial charge on any atom is 0.472 e. The van der Waals surface area contributed by atoms with E-state index in [2.05, 4.69) is 79.9 Å². The molecule has 51 heavy (non-hydrogen) atoms. The van der Waals surface area contributed by atoms with Gasteiger partial charge in [-0.1, -0.05) is 145 Å². The average molecular weight is 738 g/mol. The lowest BCUT2D eigenvalue weighted by Gasteiger charge is -2.26. The zero-order valence-electron chi connectivity index (χ0n) is 33.3. The van der Waals surface area contributed by atoms with Gasteiger partial charge in [0.2, 0.25) is 5.91 Å². The molecule has 0 radical (unpaired) electrons. The van der Waals surface area contributed by atoms with Crippen LogP contribution >= 0.6 is 7.82 Å². The molecule has 0 heterocycles. The molecular formula is C42H78N2O6P+. The Labute approximate surface area is 313 Å². The summed E-state index contributed by atoms with van der Waals surface area (Å²) in [7, 11) is 1.59. The monoisotopic (exact) mass is 738 g/mol. The lowest BCUT2D eigenvalue weighted by molar-refractivity contribution is -0.870. The van der Waals surface area contributed by atoms with E-state index < -0.39 is 20.0 Å². The van der Waals surface area contributed by atoms with Crippen LogP contribution in [0.2, 0.25) is 0 Å². The van der Waals surface area contributed by atoms with E-state index in [1.807, 2.05) is 21.1 Å². The number of unbranched alkanes of at least 4 members (excludes halogenated alkanes) is 12. The van der Waals surface area contributed by atoms with Crippen LogP contribution in [-0.2, 0) is 18.4 Å². The molecule has 3 unspecified atom stereocenters. The van der Waals surface area contributed by atoms with Crippen molar-refractivity contribution in [3.63, 3.8) is 0 Å². The van der Waals surface area contributed by atoms with Crippen LogP contribution in [0.4, 0.5) is 0 Å². The van der Waals surface area contributed by atoms with Crippen molar-refractivity contribution in [2.24, 2.45) is 0 Å². The van der Waals surface area contributed by atoms with Gasteiger partial charge in [-0.3, -0.25) is 13.8 Å². The molecule has 8 nitrogen and oxygen atoms in total. The molecule has 0 saturated carbocycles. The Morgan fingerprint density at radius 2 is 1.18 bits per heavy atom. The summed E-state index contributed by atoms with van der Waals surface area (Å²) < 4.78 is 23.4. The summed E-state index contributed by atoms with van der Waals surface area (Å²) in [6, 6.07) is -0.765. The Hall–Kier alpha value is -1.80. The summed E-state index contributed by atoms with van der Waals surface area (Å²) >= 11 is 0. The first-order chi connectivity index (χ1) is 24.5. The van der Waals surface area contributed by atoms with Crippen LogP contribution in [0.5, 0.6) is 0 Å². The Morgan fingerprint density at radius 1 is 0.686 bits per heavy atom. The van der Waals surface area contributed by atoms with Crippen LogP contribution in [0.3, 0.4) is 0 Å². The topological polar surface area (TPSA) is 105 Å². The highest BCUT2D eigenvalue weighted by Crippen LogP contribution is 2.43. The van der Waals surface area contributed by atoms with Crippen molar-refractivity contribution in [3.8, 4) is 0 Å². The molecule has 0 aliphatic carbocycles. The largest absolute Gasteiger partial charge is 0.472 e. The van der Waals surface area contributed by atoms with Crippen LogP contribution in [0.25, 0.3) is 0 Å². The van der Waals surface area contributed by atoms with E-state index >= 15 is 0 Å². The molecule has 0 aromatic carbocycles. The first-order valence-corrected chi connectivity index (χ1v) is 21.6. The fourth-order valence-corrected chi connectivity index (χ4v) is 6.04. The first-order valence-electron chi connectivity index (χ1n) is 20.2. The Bertz CT molecular complexity index is 1020. The maximum atomic E-state index is 12.8. The predicted molar refractivity (Wildman–Crippen MR) is 217 cm³/mol. The lowest BCUT2D eigenvalue weighted by Crippen LogP contribution is -2.46. The number of rotatable bonds is 35. The van der Waals surface area contributed by atoms with Gasteiger partial charge >= 0.3 is 7.82 Å². The van der Waals surface area contributed by atoms with Crippen LogP contribution in [0.15, 0.2) is 60.8 Å². The number of hydrogen-bond acceptors (Lipinski definition) is 5. The molecule has 296 valence electrons. The highest BCUT2D eigenvalue weighted by Gasteiger charge is 2.28. The van der Waals surface area contributed by atoms with Gasteiger partial charge in [-0.15, -0.1) is 0 Å². The second-order valence-electron chi connectivity index (χ2n) is 14.6. The molecule has 0 aromatic heterocycles. The number of amides is 1. The van der Waals surface area contributed by atoms with Gasteiger partial charge in [-0.2, -0.15) is 0 Å². The Morgan fingerprint density at radius 3 is 1.73 bits per heavy atom.